The molecular formula is C31H38N2O6. The maximum Gasteiger partial charge on any atom is 0.261 e. The number of hydrogen-bond acceptors (Lipinski definition) is 6. The zero-order valence-corrected chi connectivity index (χ0v) is 23.3. The van der Waals surface area contributed by atoms with Gasteiger partial charge in [-0.3, -0.25) is 9.59 Å². The lowest BCUT2D eigenvalue weighted by atomic mass is 10.0. The Bertz CT molecular complexity index is 1190. The van der Waals surface area contributed by atoms with E-state index in [0.29, 0.717) is 36.0 Å². The van der Waals surface area contributed by atoms with Crippen LogP contribution >= 0.6 is 0 Å². The molecule has 0 radical (unpaired) electrons. The van der Waals surface area contributed by atoms with E-state index in [1.54, 1.807) is 44.4 Å². The first-order chi connectivity index (χ1) is 18.8. The van der Waals surface area contributed by atoms with E-state index < -0.39 is 6.04 Å². The van der Waals surface area contributed by atoms with Gasteiger partial charge < -0.3 is 29.2 Å². The highest BCUT2D eigenvalue weighted by Gasteiger charge is 2.31. The molecule has 8 heteroatoms. The second-order valence-electron chi connectivity index (χ2n) is 9.55. The van der Waals surface area contributed by atoms with E-state index in [-0.39, 0.29) is 30.9 Å². The average molecular weight is 535 g/mol. The number of ether oxygens (including phenoxy) is 4. The summed E-state index contributed by atoms with van der Waals surface area (Å²) in [5, 5.41) is 3.02. The number of hydrogen-bond donors (Lipinski definition) is 1. The van der Waals surface area contributed by atoms with Crippen LogP contribution in [0.25, 0.3) is 0 Å². The number of carbonyl (C=O) groups is 2. The topological polar surface area (TPSA) is 86.3 Å². The Morgan fingerprint density at radius 1 is 0.769 bits per heavy atom. The summed E-state index contributed by atoms with van der Waals surface area (Å²) < 4.78 is 21.9. The molecule has 3 aromatic rings. The van der Waals surface area contributed by atoms with Crippen LogP contribution < -0.4 is 24.3 Å². The van der Waals surface area contributed by atoms with Gasteiger partial charge in [0, 0.05) is 37.7 Å². The van der Waals surface area contributed by atoms with Gasteiger partial charge >= 0.3 is 0 Å². The minimum Gasteiger partial charge on any atom is -0.497 e. The number of benzene rings is 3. The molecule has 0 saturated carbocycles. The molecule has 0 aromatic heterocycles. The molecule has 1 N–H and O–H groups in total. The molecule has 0 unspecified atom stereocenters. The highest BCUT2D eigenvalue weighted by atomic mass is 16.5. The SMILES string of the molecule is COc1cccc(CN(C(=O)COc2cc(OC)cc(OC)c2)[C@H](Cc2ccccc2)C(=O)NCC(C)C)c1. The summed E-state index contributed by atoms with van der Waals surface area (Å²) in [5.41, 5.74) is 1.78. The van der Waals surface area contributed by atoms with Crippen LogP contribution in [0.3, 0.4) is 0 Å². The van der Waals surface area contributed by atoms with E-state index >= 15 is 0 Å². The number of nitrogens with one attached hydrogen (secondary N) is 1. The molecule has 0 spiro atoms. The number of amides is 2. The zero-order valence-electron chi connectivity index (χ0n) is 23.3. The molecule has 1 atom stereocenters. The minimum absolute atomic E-state index is 0.202. The Morgan fingerprint density at radius 2 is 1.38 bits per heavy atom. The quantitative estimate of drug-likeness (QED) is 0.328. The van der Waals surface area contributed by atoms with Gasteiger partial charge in [-0.1, -0.05) is 56.3 Å². The van der Waals surface area contributed by atoms with Gasteiger partial charge in [0.05, 0.1) is 21.3 Å². The van der Waals surface area contributed by atoms with Crippen LogP contribution in [0.15, 0.2) is 72.8 Å². The first-order valence-electron chi connectivity index (χ1n) is 12.9. The van der Waals surface area contributed by atoms with Gasteiger partial charge in [0.2, 0.25) is 5.91 Å². The first-order valence-corrected chi connectivity index (χ1v) is 12.9. The minimum atomic E-state index is -0.756. The Labute approximate surface area is 230 Å². The Balaban J connectivity index is 1.93. The summed E-state index contributed by atoms with van der Waals surface area (Å²) in [4.78, 5) is 28.9. The monoisotopic (exact) mass is 534 g/mol. The summed E-state index contributed by atoms with van der Waals surface area (Å²) in [5.74, 6) is 1.89. The average Bonchev–Trinajstić information content (AvgIpc) is 2.96. The van der Waals surface area contributed by atoms with Crippen molar-refractivity contribution in [2.45, 2.75) is 32.9 Å². The van der Waals surface area contributed by atoms with Crippen LogP contribution in [0.4, 0.5) is 0 Å². The highest BCUT2D eigenvalue weighted by Crippen LogP contribution is 2.27. The normalized spacial score (nSPS) is 11.4. The summed E-state index contributed by atoms with van der Waals surface area (Å²) >= 11 is 0. The maximum absolute atomic E-state index is 13.8. The third-order valence-corrected chi connectivity index (χ3v) is 6.13. The fraction of sp³-hybridized carbons (Fsp3) is 0.355. The fourth-order valence-electron chi connectivity index (χ4n) is 4.04. The van der Waals surface area contributed by atoms with Gasteiger partial charge in [-0.25, -0.2) is 0 Å². The van der Waals surface area contributed by atoms with Gasteiger partial charge in [-0.15, -0.1) is 0 Å². The number of carbonyl (C=O) groups excluding carboxylic acids is 2. The molecule has 0 aliphatic heterocycles. The maximum atomic E-state index is 13.8. The van der Waals surface area contributed by atoms with E-state index in [0.717, 1.165) is 11.1 Å². The molecule has 3 rings (SSSR count). The molecule has 2 amide bonds. The van der Waals surface area contributed by atoms with Gasteiger partial charge in [0.25, 0.3) is 5.91 Å². The molecular weight excluding hydrogens is 496 g/mol. The molecule has 0 aliphatic carbocycles. The van der Waals surface area contributed by atoms with E-state index in [1.165, 1.54) is 0 Å². The number of rotatable bonds is 14. The van der Waals surface area contributed by atoms with Crippen LogP contribution in [-0.2, 0) is 22.6 Å². The van der Waals surface area contributed by atoms with Gasteiger partial charge in [0.15, 0.2) is 6.61 Å². The standard InChI is InChI=1S/C31H38N2O6/c1-22(2)19-32-31(35)29(15-23-10-7-6-8-11-23)33(20-24-12-9-13-25(14-24)36-3)30(34)21-39-28-17-26(37-4)16-27(18-28)38-5/h6-14,16-18,22,29H,15,19-21H2,1-5H3,(H,32,35)/t29-/m1/s1. The Kier molecular flexibility index (Phi) is 11.0. The Morgan fingerprint density at radius 3 is 2.00 bits per heavy atom. The van der Waals surface area contributed by atoms with Crippen molar-refractivity contribution < 1.29 is 28.5 Å². The lowest BCUT2D eigenvalue weighted by molar-refractivity contribution is -0.142. The van der Waals surface area contributed by atoms with Crippen molar-refractivity contribution in [1.82, 2.24) is 10.2 Å². The second kappa shape index (κ2) is 14.7. The molecule has 39 heavy (non-hydrogen) atoms. The Hall–Kier alpha value is -4.20. The largest absolute Gasteiger partial charge is 0.497 e. The highest BCUT2D eigenvalue weighted by molar-refractivity contribution is 5.88. The van der Waals surface area contributed by atoms with Crippen molar-refractivity contribution in [3.8, 4) is 23.0 Å². The molecule has 3 aromatic carbocycles. The third-order valence-electron chi connectivity index (χ3n) is 6.13. The fourth-order valence-corrected chi connectivity index (χ4v) is 4.04. The summed E-state index contributed by atoms with van der Waals surface area (Å²) in [6, 6.07) is 21.5. The third kappa shape index (κ3) is 8.95. The number of methoxy groups -OCH3 is 3. The molecule has 0 heterocycles. The molecule has 208 valence electrons. The molecule has 0 saturated heterocycles. The number of nitrogens with zero attached hydrogens (tertiary/aromatic N) is 1. The van der Waals surface area contributed by atoms with Crippen molar-refractivity contribution in [3.05, 3.63) is 83.9 Å². The van der Waals surface area contributed by atoms with E-state index in [4.69, 9.17) is 18.9 Å². The first kappa shape index (κ1) is 29.4. The second-order valence-corrected chi connectivity index (χ2v) is 9.55. The van der Waals surface area contributed by atoms with Gasteiger partial charge in [-0.05, 0) is 29.2 Å². The van der Waals surface area contributed by atoms with E-state index in [1.807, 2.05) is 68.4 Å². The summed E-state index contributed by atoms with van der Waals surface area (Å²) in [6.45, 7) is 4.49. The summed E-state index contributed by atoms with van der Waals surface area (Å²) in [6.07, 6.45) is 0.355. The van der Waals surface area contributed by atoms with Crippen LogP contribution in [0.5, 0.6) is 23.0 Å². The van der Waals surface area contributed by atoms with Crippen molar-refractivity contribution in [2.75, 3.05) is 34.5 Å². The van der Waals surface area contributed by atoms with Crippen molar-refractivity contribution >= 4 is 11.8 Å². The lowest BCUT2D eigenvalue weighted by Gasteiger charge is -2.31. The van der Waals surface area contributed by atoms with Crippen molar-refractivity contribution in [3.63, 3.8) is 0 Å². The van der Waals surface area contributed by atoms with Crippen LogP contribution in [0.2, 0.25) is 0 Å². The van der Waals surface area contributed by atoms with E-state index in [9.17, 15) is 9.59 Å². The molecule has 0 aliphatic rings. The van der Waals surface area contributed by atoms with Crippen molar-refractivity contribution in [1.29, 1.82) is 0 Å². The van der Waals surface area contributed by atoms with Crippen LogP contribution in [0.1, 0.15) is 25.0 Å². The summed E-state index contributed by atoms with van der Waals surface area (Å²) in [7, 11) is 4.68. The van der Waals surface area contributed by atoms with Crippen LogP contribution in [0, 0.1) is 5.92 Å². The van der Waals surface area contributed by atoms with Crippen molar-refractivity contribution in [2.24, 2.45) is 5.92 Å². The molecule has 0 fully saturated rings. The smallest absolute Gasteiger partial charge is 0.261 e. The molecule has 0 bridgehead atoms. The van der Waals surface area contributed by atoms with Gasteiger partial charge in [-0.2, -0.15) is 0 Å². The zero-order chi connectivity index (χ0) is 28.2. The predicted molar refractivity (Wildman–Crippen MR) is 150 cm³/mol. The van der Waals surface area contributed by atoms with Gasteiger partial charge in [0.1, 0.15) is 29.0 Å². The lowest BCUT2D eigenvalue weighted by Crippen LogP contribution is -2.52. The van der Waals surface area contributed by atoms with E-state index in [2.05, 4.69) is 5.32 Å². The van der Waals surface area contributed by atoms with Crippen LogP contribution in [-0.4, -0.2) is 57.2 Å². The molecule has 8 nitrogen and oxygen atoms in total. The predicted octanol–water partition coefficient (Wildman–Crippen LogP) is 4.50.